The molecule has 2 aliphatic rings. The van der Waals surface area contributed by atoms with Crippen LogP contribution in [0.4, 0.5) is 10.5 Å². The second kappa shape index (κ2) is 4.70. The molecule has 0 aromatic heterocycles. The third kappa shape index (κ3) is 1.71. The highest BCUT2D eigenvalue weighted by Crippen LogP contribution is 2.46. The molecular formula is C14H16N2O4. The van der Waals surface area contributed by atoms with Crippen molar-refractivity contribution in [3.63, 3.8) is 0 Å². The number of fused-ring (bicyclic) bond motifs is 3. The van der Waals surface area contributed by atoms with E-state index >= 15 is 0 Å². The number of nitrogens with zero attached hydrogens (tertiary/aromatic N) is 1. The molecule has 3 atom stereocenters. The van der Waals surface area contributed by atoms with Crippen LogP contribution in [-0.4, -0.2) is 43.4 Å². The molecule has 0 aliphatic carbocycles. The van der Waals surface area contributed by atoms with Gasteiger partial charge in [-0.1, -0.05) is 18.2 Å². The first-order chi connectivity index (χ1) is 9.67. The van der Waals surface area contributed by atoms with E-state index in [4.69, 9.17) is 9.47 Å². The van der Waals surface area contributed by atoms with Crippen LogP contribution in [0, 0.1) is 0 Å². The zero-order valence-electron chi connectivity index (χ0n) is 11.3. The van der Waals surface area contributed by atoms with Crippen LogP contribution in [0.5, 0.6) is 0 Å². The first kappa shape index (κ1) is 12.8. The number of carbonyl (C=O) groups is 2. The molecule has 1 saturated heterocycles. The van der Waals surface area contributed by atoms with Crippen LogP contribution in [0.2, 0.25) is 0 Å². The lowest BCUT2D eigenvalue weighted by Gasteiger charge is -2.27. The molecule has 0 spiro atoms. The Bertz CT molecular complexity index is 560. The fourth-order valence-electron chi connectivity index (χ4n) is 3.14. The van der Waals surface area contributed by atoms with E-state index in [0.29, 0.717) is 6.42 Å². The molecule has 20 heavy (non-hydrogen) atoms. The van der Waals surface area contributed by atoms with Crippen molar-refractivity contribution < 1.29 is 19.1 Å². The van der Waals surface area contributed by atoms with Crippen molar-refractivity contribution in [2.75, 3.05) is 19.5 Å². The highest BCUT2D eigenvalue weighted by Gasteiger charge is 2.52. The lowest BCUT2D eigenvalue weighted by Crippen LogP contribution is -2.47. The van der Waals surface area contributed by atoms with Crippen LogP contribution in [-0.2, 0) is 14.3 Å². The molecule has 6 nitrogen and oxygen atoms in total. The molecule has 1 aromatic rings. The van der Waals surface area contributed by atoms with E-state index in [2.05, 4.69) is 5.32 Å². The number of hydrogen-bond acceptors (Lipinski definition) is 5. The average Bonchev–Trinajstić information content (AvgIpc) is 3.01. The van der Waals surface area contributed by atoms with Gasteiger partial charge in [-0.3, -0.25) is 4.90 Å². The Labute approximate surface area is 116 Å². The zero-order chi connectivity index (χ0) is 14.3. The summed E-state index contributed by atoms with van der Waals surface area (Å²) in [7, 11) is 2.64. The molecule has 3 rings (SSSR count). The number of esters is 1. The first-order valence-corrected chi connectivity index (χ1v) is 6.47. The maximum Gasteiger partial charge on any atom is 0.411 e. The minimum Gasteiger partial charge on any atom is -0.467 e. The summed E-state index contributed by atoms with van der Waals surface area (Å²) >= 11 is 0. The standard InChI is InChI=1S/C14H16N2O4/c1-19-13(17)11-7-9-8-5-3-4-6-10(8)15-12(9)16(11)14(18)20-2/h3-6,9,11-12,15H,7H2,1-2H3/t9?,11-,12?/m0/s1. The van der Waals surface area contributed by atoms with Crippen molar-refractivity contribution in [1.82, 2.24) is 4.90 Å². The Morgan fingerprint density at radius 1 is 1.25 bits per heavy atom. The maximum atomic E-state index is 12.0. The molecule has 106 valence electrons. The van der Waals surface area contributed by atoms with Crippen molar-refractivity contribution >= 4 is 17.7 Å². The SMILES string of the molecule is COC(=O)[C@@H]1CC2c3ccccc3NC2N1C(=O)OC. The normalized spacial score (nSPS) is 26.5. The molecule has 1 N–H and O–H groups in total. The zero-order valence-corrected chi connectivity index (χ0v) is 11.3. The van der Waals surface area contributed by atoms with Gasteiger partial charge in [-0.15, -0.1) is 0 Å². The van der Waals surface area contributed by atoms with Crippen LogP contribution in [0.25, 0.3) is 0 Å². The van der Waals surface area contributed by atoms with Crippen LogP contribution < -0.4 is 5.32 Å². The van der Waals surface area contributed by atoms with E-state index in [1.165, 1.54) is 19.1 Å². The summed E-state index contributed by atoms with van der Waals surface area (Å²) in [5.74, 6) is -0.335. The molecular weight excluding hydrogens is 260 g/mol. The van der Waals surface area contributed by atoms with E-state index in [0.717, 1.165) is 11.3 Å². The van der Waals surface area contributed by atoms with Gasteiger partial charge in [-0.05, 0) is 18.1 Å². The molecule has 1 aromatic carbocycles. The maximum absolute atomic E-state index is 12.0. The van der Waals surface area contributed by atoms with Gasteiger partial charge in [0, 0.05) is 11.6 Å². The van der Waals surface area contributed by atoms with Gasteiger partial charge in [0.2, 0.25) is 0 Å². The van der Waals surface area contributed by atoms with Gasteiger partial charge in [0.15, 0.2) is 0 Å². The van der Waals surface area contributed by atoms with Gasteiger partial charge < -0.3 is 14.8 Å². The number of methoxy groups -OCH3 is 2. The smallest absolute Gasteiger partial charge is 0.411 e. The molecule has 1 fully saturated rings. The molecule has 0 radical (unpaired) electrons. The summed E-state index contributed by atoms with van der Waals surface area (Å²) in [6.45, 7) is 0. The number of para-hydroxylation sites is 1. The molecule has 2 heterocycles. The Kier molecular flexibility index (Phi) is 3.00. The van der Waals surface area contributed by atoms with Gasteiger partial charge in [-0.25, -0.2) is 9.59 Å². The number of rotatable bonds is 1. The number of nitrogens with one attached hydrogen (secondary N) is 1. The minimum atomic E-state index is -0.608. The summed E-state index contributed by atoms with van der Waals surface area (Å²) in [5, 5.41) is 3.29. The number of likely N-dealkylation sites (tertiary alicyclic amines) is 1. The summed E-state index contributed by atoms with van der Waals surface area (Å²) in [4.78, 5) is 25.3. The Morgan fingerprint density at radius 2 is 2.00 bits per heavy atom. The molecule has 6 heteroatoms. The van der Waals surface area contributed by atoms with Crippen molar-refractivity contribution in [2.24, 2.45) is 0 Å². The molecule has 2 unspecified atom stereocenters. The van der Waals surface area contributed by atoms with Gasteiger partial charge >= 0.3 is 12.1 Å². The molecule has 2 aliphatic heterocycles. The van der Waals surface area contributed by atoms with Crippen LogP contribution in [0.15, 0.2) is 24.3 Å². The number of ether oxygens (including phenoxy) is 2. The third-order valence-corrected chi connectivity index (χ3v) is 4.02. The quantitative estimate of drug-likeness (QED) is 0.788. The van der Waals surface area contributed by atoms with Crippen LogP contribution in [0.1, 0.15) is 17.9 Å². The largest absolute Gasteiger partial charge is 0.467 e. The van der Waals surface area contributed by atoms with Crippen molar-refractivity contribution in [2.45, 2.75) is 24.5 Å². The van der Waals surface area contributed by atoms with Crippen LogP contribution >= 0.6 is 0 Å². The summed E-state index contributed by atoms with van der Waals surface area (Å²) in [6, 6.07) is 7.27. The summed E-state index contributed by atoms with van der Waals surface area (Å²) < 4.78 is 9.60. The number of amides is 1. The third-order valence-electron chi connectivity index (χ3n) is 4.02. The minimum absolute atomic E-state index is 0.0781. The van der Waals surface area contributed by atoms with Crippen LogP contribution in [0.3, 0.4) is 0 Å². The van der Waals surface area contributed by atoms with E-state index < -0.39 is 18.1 Å². The molecule has 0 saturated carbocycles. The van der Waals surface area contributed by atoms with Gasteiger partial charge in [-0.2, -0.15) is 0 Å². The molecule has 1 amide bonds. The summed E-state index contributed by atoms with van der Waals surface area (Å²) in [6.07, 6.45) is -0.242. The van der Waals surface area contributed by atoms with E-state index in [1.54, 1.807) is 0 Å². The second-order valence-corrected chi connectivity index (χ2v) is 4.93. The summed E-state index contributed by atoms with van der Waals surface area (Å²) in [5.41, 5.74) is 2.12. The number of benzene rings is 1. The van der Waals surface area contributed by atoms with Gasteiger partial charge in [0.05, 0.1) is 14.2 Å². The van der Waals surface area contributed by atoms with Gasteiger partial charge in [0.25, 0.3) is 0 Å². The van der Waals surface area contributed by atoms with Crippen molar-refractivity contribution in [1.29, 1.82) is 0 Å². The van der Waals surface area contributed by atoms with Crippen molar-refractivity contribution in [3.8, 4) is 0 Å². The first-order valence-electron chi connectivity index (χ1n) is 6.47. The van der Waals surface area contributed by atoms with Gasteiger partial charge in [0.1, 0.15) is 12.2 Å². The Hall–Kier alpha value is -2.24. The lowest BCUT2D eigenvalue weighted by atomic mass is 9.96. The Balaban J connectivity index is 1.96. The highest BCUT2D eigenvalue weighted by molar-refractivity contribution is 5.84. The fraction of sp³-hybridized carbons (Fsp3) is 0.429. The predicted molar refractivity (Wildman–Crippen MR) is 71.3 cm³/mol. The topological polar surface area (TPSA) is 67.9 Å². The monoisotopic (exact) mass is 276 g/mol. The number of hydrogen-bond donors (Lipinski definition) is 1. The number of anilines is 1. The molecule has 0 bridgehead atoms. The second-order valence-electron chi connectivity index (χ2n) is 4.93. The van der Waals surface area contributed by atoms with E-state index in [-0.39, 0.29) is 12.1 Å². The van der Waals surface area contributed by atoms with E-state index in [1.807, 2.05) is 24.3 Å². The lowest BCUT2D eigenvalue weighted by molar-refractivity contribution is -0.145. The van der Waals surface area contributed by atoms with Crippen molar-refractivity contribution in [3.05, 3.63) is 29.8 Å². The van der Waals surface area contributed by atoms with E-state index in [9.17, 15) is 9.59 Å². The predicted octanol–water partition coefficient (Wildman–Crippen LogP) is 1.54. The Morgan fingerprint density at radius 3 is 2.70 bits per heavy atom. The number of carbonyl (C=O) groups excluding carboxylic acids is 2. The fourth-order valence-corrected chi connectivity index (χ4v) is 3.14. The average molecular weight is 276 g/mol. The highest BCUT2D eigenvalue weighted by atomic mass is 16.5.